The van der Waals surface area contributed by atoms with Gasteiger partial charge in [0.2, 0.25) is 0 Å². The second-order valence-corrected chi connectivity index (χ2v) is 6.87. The molecule has 0 heterocycles. The van der Waals surface area contributed by atoms with Gasteiger partial charge in [0, 0.05) is 0 Å². The number of aliphatic carboxylic acids is 1. The second-order valence-electron chi connectivity index (χ2n) is 6.87. The van der Waals surface area contributed by atoms with Crippen molar-refractivity contribution in [3.8, 4) is 0 Å². The Morgan fingerprint density at radius 1 is 1.00 bits per heavy atom. The van der Waals surface area contributed by atoms with E-state index in [1.54, 1.807) is 0 Å². The van der Waals surface area contributed by atoms with Crippen molar-refractivity contribution in [2.24, 2.45) is 10.8 Å². The molecule has 0 fully saturated rings. The van der Waals surface area contributed by atoms with Crippen molar-refractivity contribution in [1.82, 2.24) is 0 Å². The van der Waals surface area contributed by atoms with E-state index in [4.69, 9.17) is 5.11 Å². The van der Waals surface area contributed by atoms with Crippen molar-refractivity contribution < 1.29 is 9.90 Å². The zero-order chi connectivity index (χ0) is 14.9. The van der Waals surface area contributed by atoms with Gasteiger partial charge in [-0.05, 0) is 36.5 Å². The molecule has 0 rings (SSSR count). The van der Waals surface area contributed by atoms with Crippen LogP contribution in [0.25, 0.3) is 0 Å². The first-order chi connectivity index (χ1) is 8.68. The molecule has 19 heavy (non-hydrogen) atoms. The molecule has 110 valence electrons. The maximum Gasteiger partial charge on any atom is 0.303 e. The van der Waals surface area contributed by atoms with E-state index in [0.717, 1.165) is 25.7 Å². The number of carboxylic acids is 1. The largest absolute Gasteiger partial charge is 0.481 e. The van der Waals surface area contributed by atoms with Crippen LogP contribution in [0.5, 0.6) is 0 Å². The van der Waals surface area contributed by atoms with Crippen LogP contribution in [0.2, 0.25) is 0 Å². The van der Waals surface area contributed by atoms with Crippen LogP contribution in [0.4, 0.5) is 0 Å². The first-order valence-electron chi connectivity index (χ1n) is 7.20. The summed E-state index contributed by atoms with van der Waals surface area (Å²) < 4.78 is 0. The molecule has 1 N–H and O–H groups in total. The molecule has 2 heteroatoms. The van der Waals surface area contributed by atoms with E-state index in [2.05, 4.69) is 45.1 Å². The summed E-state index contributed by atoms with van der Waals surface area (Å²) in [6.45, 7) is 10.6. The molecular weight excluding hydrogens is 236 g/mol. The molecule has 0 aromatic rings. The van der Waals surface area contributed by atoms with E-state index in [0.29, 0.717) is 0 Å². The fraction of sp³-hybridized carbons (Fsp3) is 0.706. The first-order valence-corrected chi connectivity index (χ1v) is 7.20. The molecule has 0 aliphatic rings. The summed E-state index contributed by atoms with van der Waals surface area (Å²) in [6.07, 6.45) is 13.0. The van der Waals surface area contributed by atoms with Crippen LogP contribution in [0.3, 0.4) is 0 Å². The highest BCUT2D eigenvalue weighted by Crippen LogP contribution is 2.38. The maximum atomic E-state index is 10.8. The first kappa shape index (κ1) is 17.9. The SMILES string of the molecule is CC/C=C\C/C=C\CC(C)(C)CC(C)(C)CC(=O)O. The Bertz CT molecular complexity index is 322. The lowest BCUT2D eigenvalue weighted by atomic mass is 9.72. The van der Waals surface area contributed by atoms with E-state index in [1.165, 1.54) is 0 Å². The molecule has 0 aromatic heterocycles. The predicted octanol–water partition coefficient (Wildman–Crippen LogP) is 5.21. The summed E-state index contributed by atoms with van der Waals surface area (Å²) in [4.78, 5) is 10.8. The minimum atomic E-state index is -0.707. The summed E-state index contributed by atoms with van der Waals surface area (Å²) in [5, 5.41) is 8.92. The van der Waals surface area contributed by atoms with Crippen LogP contribution in [-0.4, -0.2) is 11.1 Å². The smallest absolute Gasteiger partial charge is 0.303 e. The quantitative estimate of drug-likeness (QED) is 0.582. The molecule has 0 bridgehead atoms. The Balaban J connectivity index is 4.23. The van der Waals surface area contributed by atoms with Gasteiger partial charge in [-0.3, -0.25) is 4.79 Å². The molecule has 0 spiro atoms. The summed E-state index contributed by atoms with van der Waals surface area (Å²) in [7, 11) is 0. The van der Waals surface area contributed by atoms with Crippen molar-refractivity contribution in [3.05, 3.63) is 24.3 Å². The van der Waals surface area contributed by atoms with Gasteiger partial charge in [0.05, 0.1) is 6.42 Å². The number of hydrogen-bond acceptors (Lipinski definition) is 1. The van der Waals surface area contributed by atoms with Crippen LogP contribution in [0.1, 0.15) is 66.7 Å². The zero-order valence-electron chi connectivity index (χ0n) is 13.2. The molecule has 2 nitrogen and oxygen atoms in total. The van der Waals surface area contributed by atoms with Crippen LogP contribution in [0, 0.1) is 10.8 Å². The van der Waals surface area contributed by atoms with Gasteiger partial charge in [0.15, 0.2) is 0 Å². The van der Waals surface area contributed by atoms with Crippen molar-refractivity contribution in [2.45, 2.75) is 66.7 Å². The number of hydrogen-bond donors (Lipinski definition) is 1. The van der Waals surface area contributed by atoms with E-state index in [1.807, 2.05) is 13.8 Å². The van der Waals surface area contributed by atoms with Crippen LogP contribution >= 0.6 is 0 Å². The standard InChI is InChI=1S/C17H30O2/c1-6-7-8-9-10-11-12-16(2,3)14-17(4,5)13-15(18)19/h7-8,10-11H,6,9,12-14H2,1-5H3,(H,18,19)/b8-7-,11-10-. The zero-order valence-corrected chi connectivity index (χ0v) is 13.2. The molecular formula is C17H30O2. The third-order valence-electron chi connectivity index (χ3n) is 3.10. The molecule has 0 atom stereocenters. The topological polar surface area (TPSA) is 37.3 Å². The van der Waals surface area contributed by atoms with Gasteiger partial charge >= 0.3 is 5.97 Å². The Kier molecular flexibility index (Phi) is 7.73. The maximum absolute atomic E-state index is 10.8. The number of allylic oxidation sites excluding steroid dienone is 4. The van der Waals surface area contributed by atoms with Gasteiger partial charge in [0.25, 0.3) is 0 Å². The van der Waals surface area contributed by atoms with Gasteiger partial charge in [-0.25, -0.2) is 0 Å². The molecule has 0 radical (unpaired) electrons. The summed E-state index contributed by atoms with van der Waals surface area (Å²) in [5.74, 6) is -0.707. The van der Waals surface area contributed by atoms with E-state index in [9.17, 15) is 4.79 Å². The van der Waals surface area contributed by atoms with Gasteiger partial charge in [-0.2, -0.15) is 0 Å². The Morgan fingerprint density at radius 2 is 1.58 bits per heavy atom. The van der Waals surface area contributed by atoms with Gasteiger partial charge in [-0.15, -0.1) is 0 Å². The Labute approximate surface area is 118 Å². The van der Waals surface area contributed by atoms with Gasteiger partial charge < -0.3 is 5.11 Å². The highest BCUT2D eigenvalue weighted by molar-refractivity contribution is 5.67. The molecule has 0 saturated carbocycles. The monoisotopic (exact) mass is 266 g/mol. The van der Waals surface area contributed by atoms with Gasteiger partial charge in [-0.1, -0.05) is 58.9 Å². The lowest BCUT2D eigenvalue weighted by Crippen LogP contribution is -2.25. The molecule has 0 unspecified atom stereocenters. The molecule has 0 aliphatic heterocycles. The van der Waals surface area contributed by atoms with Crippen molar-refractivity contribution >= 4 is 5.97 Å². The number of carboxylic acid groups (broad SMARTS) is 1. The Morgan fingerprint density at radius 3 is 2.11 bits per heavy atom. The third kappa shape index (κ3) is 10.5. The second kappa shape index (κ2) is 8.19. The minimum absolute atomic E-state index is 0.143. The highest BCUT2D eigenvalue weighted by Gasteiger charge is 2.29. The summed E-state index contributed by atoms with van der Waals surface area (Å²) in [6, 6.07) is 0. The summed E-state index contributed by atoms with van der Waals surface area (Å²) >= 11 is 0. The molecule has 0 aliphatic carbocycles. The van der Waals surface area contributed by atoms with E-state index < -0.39 is 5.97 Å². The van der Waals surface area contributed by atoms with Crippen LogP contribution < -0.4 is 0 Å². The predicted molar refractivity (Wildman–Crippen MR) is 82.2 cm³/mol. The van der Waals surface area contributed by atoms with Crippen molar-refractivity contribution in [1.29, 1.82) is 0 Å². The normalized spacial score (nSPS) is 13.5. The molecule has 0 saturated heterocycles. The fourth-order valence-corrected chi connectivity index (χ4v) is 2.68. The number of rotatable bonds is 9. The summed E-state index contributed by atoms with van der Waals surface area (Å²) in [5.41, 5.74) is -0.00475. The molecule has 0 amide bonds. The molecule has 0 aromatic carbocycles. The Hall–Kier alpha value is -1.05. The lowest BCUT2D eigenvalue weighted by molar-refractivity contribution is -0.139. The highest BCUT2D eigenvalue weighted by atomic mass is 16.4. The average molecular weight is 266 g/mol. The van der Waals surface area contributed by atoms with Gasteiger partial charge in [0.1, 0.15) is 0 Å². The average Bonchev–Trinajstić information content (AvgIpc) is 2.19. The minimum Gasteiger partial charge on any atom is -0.481 e. The van der Waals surface area contributed by atoms with Crippen LogP contribution in [0.15, 0.2) is 24.3 Å². The van der Waals surface area contributed by atoms with Crippen molar-refractivity contribution in [2.75, 3.05) is 0 Å². The van der Waals surface area contributed by atoms with E-state index >= 15 is 0 Å². The van der Waals surface area contributed by atoms with Crippen molar-refractivity contribution in [3.63, 3.8) is 0 Å². The lowest BCUT2D eigenvalue weighted by Gasteiger charge is -2.33. The number of carbonyl (C=O) groups is 1. The fourth-order valence-electron chi connectivity index (χ4n) is 2.68. The third-order valence-corrected chi connectivity index (χ3v) is 3.10. The van der Waals surface area contributed by atoms with E-state index in [-0.39, 0.29) is 17.3 Å². The van der Waals surface area contributed by atoms with Crippen LogP contribution in [-0.2, 0) is 4.79 Å².